The zero-order valence-corrected chi connectivity index (χ0v) is 18.4. The summed E-state index contributed by atoms with van der Waals surface area (Å²) in [6.45, 7) is 7.58. The summed E-state index contributed by atoms with van der Waals surface area (Å²) in [4.78, 5) is 17.4. The fourth-order valence-electron chi connectivity index (χ4n) is 3.92. The quantitative estimate of drug-likeness (QED) is 0.472. The van der Waals surface area contributed by atoms with Crippen LogP contribution in [0, 0.1) is 6.92 Å². The van der Waals surface area contributed by atoms with Crippen molar-refractivity contribution in [3.05, 3.63) is 35.7 Å². The third-order valence-corrected chi connectivity index (χ3v) is 5.23. The molecule has 4 aromatic rings. The first-order chi connectivity index (χ1) is 14.8. The normalized spacial score (nSPS) is 12.7. The summed E-state index contributed by atoms with van der Waals surface area (Å²) in [7, 11) is 4.03. The largest absolute Gasteiger partial charge is 0.366 e. The Balaban J connectivity index is 1.85. The van der Waals surface area contributed by atoms with E-state index in [0.29, 0.717) is 17.2 Å². The molecule has 3 aromatic heterocycles. The predicted molar refractivity (Wildman–Crippen MR) is 119 cm³/mol. The van der Waals surface area contributed by atoms with Crippen molar-refractivity contribution in [1.82, 2.24) is 39.6 Å². The lowest BCUT2D eigenvalue weighted by Gasteiger charge is -2.18. The van der Waals surface area contributed by atoms with Crippen molar-refractivity contribution in [2.45, 2.75) is 33.4 Å². The van der Waals surface area contributed by atoms with Crippen molar-refractivity contribution in [3.63, 3.8) is 0 Å². The molecule has 1 aromatic carbocycles. The molecule has 1 amide bonds. The number of amides is 1. The zero-order valence-electron chi connectivity index (χ0n) is 18.4. The van der Waals surface area contributed by atoms with Gasteiger partial charge in [-0.2, -0.15) is 10.2 Å². The second-order valence-electron chi connectivity index (χ2n) is 8.03. The van der Waals surface area contributed by atoms with Crippen LogP contribution in [-0.2, 0) is 6.54 Å². The Hall–Kier alpha value is -3.53. The van der Waals surface area contributed by atoms with Crippen LogP contribution < -0.4 is 5.73 Å². The highest BCUT2D eigenvalue weighted by molar-refractivity contribution is 6.02. The van der Waals surface area contributed by atoms with Crippen LogP contribution in [0.3, 0.4) is 0 Å². The molecule has 3 N–H and O–H groups in total. The molecule has 0 saturated heterocycles. The molecular weight excluding hydrogens is 394 g/mol. The Labute approximate surface area is 180 Å². The van der Waals surface area contributed by atoms with Gasteiger partial charge in [-0.1, -0.05) is 0 Å². The summed E-state index contributed by atoms with van der Waals surface area (Å²) >= 11 is 0. The molecule has 0 saturated carbocycles. The van der Waals surface area contributed by atoms with Crippen molar-refractivity contribution in [2.24, 2.45) is 5.73 Å². The van der Waals surface area contributed by atoms with Gasteiger partial charge in [0.1, 0.15) is 5.69 Å². The maximum absolute atomic E-state index is 12.0. The molecule has 0 fully saturated rings. The van der Waals surface area contributed by atoms with Crippen molar-refractivity contribution in [1.29, 1.82) is 0 Å². The van der Waals surface area contributed by atoms with E-state index in [1.54, 1.807) is 18.3 Å². The number of benzene rings is 1. The second kappa shape index (κ2) is 7.95. The highest BCUT2D eigenvalue weighted by atomic mass is 16.1. The number of H-pyrrole nitrogens is 1. The average molecular weight is 422 g/mol. The summed E-state index contributed by atoms with van der Waals surface area (Å²) in [6.07, 6.45) is 1.80. The van der Waals surface area contributed by atoms with Gasteiger partial charge in [0, 0.05) is 29.6 Å². The van der Waals surface area contributed by atoms with Gasteiger partial charge in [-0.25, -0.2) is 0 Å². The Morgan fingerprint density at radius 2 is 1.97 bits per heavy atom. The number of rotatable bonds is 7. The number of carbonyl (C=O) groups is 1. The number of nitrogens with two attached hydrogens (primary N) is 1. The lowest BCUT2D eigenvalue weighted by atomic mass is 10.0. The van der Waals surface area contributed by atoms with Gasteiger partial charge in [0.2, 0.25) is 5.91 Å². The molecule has 0 aliphatic rings. The van der Waals surface area contributed by atoms with Crippen LogP contribution in [0.1, 0.15) is 35.9 Å². The first kappa shape index (κ1) is 20.7. The molecule has 1 atom stereocenters. The molecule has 10 heteroatoms. The summed E-state index contributed by atoms with van der Waals surface area (Å²) < 4.78 is 3.79. The van der Waals surface area contributed by atoms with Gasteiger partial charge in [-0.05, 0) is 53.1 Å². The number of hydrogen-bond donors (Lipinski definition) is 2. The smallest absolute Gasteiger partial charge is 0.248 e. The number of hydrogen-bond acceptors (Lipinski definition) is 6. The average Bonchev–Trinajstić information content (AvgIpc) is 3.43. The Morgan fingerprint density at radius 1 is 1.23 bits per heavy atom. The van der Waals surface area contributed by atoms with Gasteiger partial charge >= 0.3 is 0 Å². The molecule has 162 valence electrons. The molecule has 10 nitrogen and oxygen atoms in total. The molecule has 0 radical (unpaired) electrons. The standard InChI is InChI=1S/C21H27N9O/c1-6-29-18(7-12(2)27-29)21-24-20(25-26-21)15-8-14(19(22)31)9-17-16(15)10-23-30(17)13(3)11-28(4)5/h7-10,13H,6,11H2,1-5H3,(H2,22,31)(H,24,25,26). The Bertz CT molecular complexity index is 1250. The maximum Gasteiger partial charge on any atom is 0.248 e. The highest BCUT2D eigenvalue weighted by Gasteiger charge is 2.20. The summed E-state index contributed by atoms with van der Waals surface area (Å²) in [5.41, 5.74) is 9.35. The number of fused-ring (bicyclic) bond motifs is 1. The van der Waals surface area contributed by atoms with Gasteiger partial charge in [-0.15, -0.1) is 10.2 Å². The number of likely N-dealkylation sites (N-methyl/N-ethyl adjacent to an activating group) is 1. The third-order valence-electron chi connectivity index (χ3n) is 5.23. The van der Waals surface area contributed by atoms with Crippen LogP contribution in [0.25, 0.3) is 33.8 Å². The van der Waals surface area contributed by atoms with Crippen LogP contribution in [0.4, 0.5) is 0 Å². The molecule has 0 bridgehead atoms. The predicted octanol–water partition coefficient (Wildman–Crippen LogP) is 2.23. The molecule has 1 unspecified atom stereocenters. The number of primary amides is 1. The fourth-order valence-corrected chi connectivity index (χ4v) is 3.92. The molecule has 3 heterocycles. The van der Waals surface area contributed by atoms with E-state index in [2.05, 4.69) is 37.2 Å². The molecular formula is C21H27N9O. The van der Waals surface area contributed by atoms with E-state index in [1.807, 2.05) is 43.4 Å². The second-order valence-corrected chi connectivity index (χ2v) is 8.03. The number of carbonyl (C=O) groups excluding carboxylic acids is 1. The van der Waals surface area contributed by atoms with E-state index in [9.17, 15) is 4.79 Å². The third kappa shape index (κ3) is 3.81. The Morgan fingerprint density at radius 3 is 2.65 bits per heavy atom. The summed E-state index contributed by atoms with van der Waals surface area (Å²) in [5, 5.41) is 18.6. The monoisotopic (exact) mass is 421 g/mol. The lowest BCUT2D eigenvalue weighted by Crippen LogP contribution is -2.23. The zero-order chi connectivity index (χ0) is 22.3. The summed E-state index contributed by atoms with van der Waals surface area (Å²) in [5.74, 6) is 0.656. The van der Waals surface area contributed by atoms with E-state index < -0.39 is 5.91 Å². The number of nitrogens with zero attached hydrogens (tertiary/aromatic N) is 7. The minimum absolute atomic E-state index is 0.107. The van der Waals surface area contributed by atoms with Crippen molar-refractivity contribution >= 4 is 16.8 Å². The number of aromatic nitrogens is 7. The maximum atomic E-state index is 12.0. The minimum atomic E-state index is -0.504. The fraction of sp³-hybridized carbons (Fsp3) is 0.381. The van der Waals surface area contributed by atoms with E-state index >= 15 is 0 Å². The highest BCUT2D eigenvalue weighted by Crippen LogP contribution is 2.31. The van der Waals surface area contributed by atoms with Gasteiger partial charge in [0.15, 0.2) is 11.6 Å². The first-order valence-corrected chi connectivity index (χ1v) is 10.2. The Kier molecular flexibility index (Phi) is 5.32. The molecule has 0 spiro atoms. The van der Waals surface area contributed by atoms with Crippen LogP contribution >= 0.6 is 0 Å². The summed E-state index contributed by atoms with van der Waals surface area (Å²) in [6, 6.07) is 5.59. The van der Waals surface area contributed by atoms with Gasteiger partial charge in [0.05, 0.1) is 23.4 Å². The molecule has 0 aliphatic carbocycles. The molecule has 31 heavy (non-hydrogen) atoms. The van der Waals surface area contributed by atoms with Crippen molar-refractivity contribution < 1.29 is 4.79 Å². The molecule has 4 rings (SSSR count). The van der Waals surface area contributed by atoms with Crippen LogP contribution in [-0.4, -0.2) is 66.2 Å². The number of aryl methyl sites for hydroxylation is 2. The molecule has 0 aliphatic heterocycles. The van der Waals surface area contributed by atoms with Crippen molar-refractivity contribution in [3.8, 4) is 22.9 Å². The van der Waals surface area contributed by atoms with Gasteiger partial charge < -0.3 is 15.6 Å². The van der Waals surface area contributed by atoms with Gasteiger partial charge in [-0.3, -0.25) is 14.2 Å². The van der Waals surface area contributed by atoms with Gasteiger partial charge in [0.25, 0.3) is 0 Å². The number of nitrogens with one attached hydrogen (secondary N) is 1. The first-order valence-electron chi connectivity index (χ1n) is 10.2. The van der Waals surface area contributed by atoms with E-state index in [0.717, 1.165) is 40.9 Å². The van der Waals surface area contributed by atoms with Crippen LogP contribution in [0.15, 0.2) is 24.4 Å². The van der Waals surface area contributed by atoms with Crippen LogP contribution in [0.5, 0.6) is 0 Å². The van der Waals surface area contributed by atoms with E-state index in [4.69, 9.17) is 5.73 Å². The van der Waals surface area contributed by atoms with E-state index in [1.165, 1.54) is 0 Å². The SMILES string of the molecule is CCn1nc(C)cc1-c1nnc(-c2cc(C(N)=O)cc3c2cnn3C(C)CN(C)C)[nH]1. The van der Waals surface area contributed by atoms with Crippen LogP contribution in [0.2, 0.25) is 0 Å². The van der Waals surface area contributed by atoms with Crippen molar-refractivity contribution in [2.75, 3.05) is 20.6 Å². The lowest BCUT2D eigenvalue weighted by molar-refractivity contribution is 0.100. The van der Waals surface area contributed by atoms with E-state index in [-0.39, 0.29) is 6.04 Å². The number of aromatic amines is 1. The minimum Gasteiger partial charge on any atom is -0.366 e. The topological polar surface area (TPSA) is 124 Å².